The lowest BCUT2D eigenvalue weighted by molar-refractivity contribution is -0.140. The summed E-state index contributed by atoms with van der Waals surface area (Å²) in [5.41, 5.74) is 0.495. The van der Waals surface area contributed by atoms with E-state index < -0.39 is 18.0 Å². The van der Waals surface area contributed by atoms with Crippen LogP contribution in [0.15, 0.2) is 18.2 Å². The van der Waals surface area contributed by atoms with E-state index in [1.165, 1.54) is 23.8 Å². The van der Waals surface area contributed by atoms with Crippen LogP contribution in [0.1, 0.15) is 5.56 Å². The van der Waals surface area contributed by atoms with Gasteiger partial charge in [-0.25, -0.2) is 9.59 Å². The Morgan fingerprint density at radius 1 is 1.57 bits per heavy atom. The zero-order chi connectivity index (χ0) is 15.4. The van der Waals surface area contributed by atoms with Crippen LogP contribution in [0.2, 0.25) is 0 Å². The second-order valence-electron chi connectivity index (χ2n) is 4.25. The molecular formula is C13H13N3O4S. The van der Waals surface area contributed by atoms with Crippen molar-refractivity contribution in [2.45, 2.75) is 6.04 Å². The van der Waals surface area contributed by atoms with Gasteiger partial charge in [-0.3, -0.25) is 0 Å². The zero-order valence-corrected chi connectivity index (χ0v) is 12.0. The van der Waals surface area contributed by atoms with Crippen LogP contribution in [0.25, 0.3) is 0 Å². The summed E-state index contributed by atoms with van der Waals surface area (Å²) in [5.74, 6) is -0.0589. The third-order valence-corrected chi connectivity index (χ3v) is 4.04. The minimum Gasteiger partial charge on any atom is -0.495 e. The Morgan fingerprint density at radius 3 is 2.95 bits per heavy atom. The summed E-state index contributed by atoms with van der Waals surface area (Å²) < 4.78 is 5.12. The van der Waals surface area contributed by atoms with E-state index in [0.717, 1.165) is 0 Å². The van der Waals surface area contributed by atoms with Crippen LogP contribution in [0.3, 0.4) is 0 Å². The van der Waals surface area contributed by atoms with E-state index in [1.54, 1.807) is 18.2 Å². The molecule has 0 unspecified atom stereocenters. The highest BCUT2D eigenvalue weighted by atomic mass is 32.2. The Balaban J connectivity index is 2.24. The zero-order valence-electron chi connectivity index (χ0n) is 11.2. The van der Waals surface area contributed by atoms with Crippen molar-refractivity contribution in [1.82, 2.24) is 4.90 Å². The Hall–Kier alpha value is -2.40. The number of carbonyl (C=O) groups excluding carboxylic acids is 1. The maximum Gasteiger partial charge on any atom is 0.327 e. The first kappa shape index (κ1) is 15.0. The van der Waals surface area contributed by atoms with E-state index in [0.29, 0.717) is 17.4 Å². The first-order chi connectivity index (χ1) is 10.1. The van der Waals surface area contributed by atoms with Crippen LogP contribution >= 0.6 is 11.8 Å². The number of methoxy groups -OCH3 is 1. The number of nitrogens with zero attached hydrogens (tertiary/aromatic N) is 2. The Morgan fingerprint density at radius 2 is 2.33 bits per heavy atom. The van der Waals surface area contributed by atoms with Crippen LogP contribution < -0.4 is 10.1 Å². The van der Waals surface area contributed by atoms with Crippen molar-refractivity contribution in [1.29, 1.82) is 5.26 Å². The molecule has 110 valence electrons. The van der Waals surface area contributed by atoms with Gasteiger partial charge < -0.3 is 20.1 Å². The number of amides is 2. The summed E-state index contributed by atoms with van der Waals surface area (Å²) in [5, 5.41) is 20.7. The number of aliphatic carboxylic acids is 1. The van der Waals surface area contributed by atoms with E-state index in [1.807, 2.05) is 6.07 Å². The van der Waals surface area contributed by atoms with Gasteiger partial charge in [0.2, 0.25) is 0 Å². The van der Waals surface area contributed by atoms with Crippen molar-refractivity contribution in [3.05, 3.63) is 23.8 Å². The third kappa shape index (κ3) is 3.03. The largest absolute Gasteiger partial charge is 0.495 e. The minimum atomic E-state index is -1.05. The lowest BCUT2D eigenvalue weighted by atomic mass is 10.2. The molecule has 1 heterocycles. The molecular weight excluding hydrogens is 294 g/mol. The number of para-hydroxylation sites is 1. The molecule has 2 N–H and O–H groups in total. The second-order valence-corrected chi connectivity index (χ2v) is 5.25. The molecule has 0 radical (unpaired) electrons. The molecule has 1 atom stereocenters. The maximum absolute atomic E-state index is 12.2. The average molecular weight is 307 g/mol. The summed E-state index contributed by atoms with van der Waals surface area (Å²) in [6, 6.07) is 5.34. The number of hydrogen-bond donors (Lipinski definition) is 2. The predicted molar refractivity (Wildman–Crippen MR) is 77.3 cm³/mol. The molecule has 2 amide bonds. The number of thioether (sulfide) groups is 1. The number of hydrogen-bond acceptors (Lipinski definition) is 5. The Labute approximate surface area is 125 Å². The third-order valence-electron chi connectivity index (χ3n) is 3.03. The van der Waals surface area contributed by atoms with Crippen LogP contribution in [0.4, 0.5) is 10.5 Å². The van der Waals surface area contributed by atoms with Crippen molar-refractivity contribution in [2.75, 3.05) is 24.1 Å². The van der Waals surface area contributed by atoms with Gasteiger partial charge in [-0.1, -0.05) is 6.07 Å². The molecule has 0 saturated carbocycles. The minimum absolute atomic E-state index is 0.244. The van der Waals surface area contributed by atoms with E-state index in [-0.39, 0.29) is 11.3 Å². The molecule has 0 bridgehead atoms. The molecule has 1 aliphatic rings. The number of carbonyl (C=O) groups is 2. The summed E-state index contributed by atoms with van der Waals surface area (Å²) in [6.07, 6.45) is 0. The van der Waals surface area contributed by atoms with Gasteiger partial charge in [-0.05, 0) is 12.1 Å². The van der Waals surface area contributed by atoms with Crippen molar-refractivity contribution in [3.63, 3.8) is 0 Å². The van der Waals surface area contributed by atoms with E-state index in [2.05, 4.69) is 5.32 Å². The van der Waals surface area contributed by atoms with Gasteiger partial charge in [0.1, 0.15) is 23.5 Å². The molecule has 8 heteroatoms. The van der Waals surface area contributed by atoms with E-state index in [4.69, 9.17) is 15.1 Å². The summed E-state index contributed by atoms with van der Waals surface area (Å²) in [7, 11) is 1.43. The lowest BCUT2D eigenvalue weighted by Gasteiger charge is -2.22. The van der Waals surface area contributed by atoms with Gasteiger partial charge in [-0.15, -0.1) is 11.8 Å². The quantitative estimate of drug-likeness (QED) is 0.878. The van der Waals surface area contributed by atoms with Crippen molar-refractivity contribution in [2.24, 2.45) is 0 Å². The number of benzene rings is 1. The fraction of sp³-hybridized carbons (Fsp3) is 0.308. The number of carboxylic acid groups (broad SMARTS) is 1. The normalized spacial score (nSPS) is 17.1. The molecule has 1 fully saturated rings. The highest BCUT2D eigenvalue weighted by Gasteiger charge is 2.35. The van der Waals surface area contributed by atoms with Gasteiger partial charge in [0.05, 0.1) is 18.6 Å². The predicted octanol–water partition coefficient (Wildman–Crippen LogP) is 1.56. The summed E-state index contributed by atoms with van der Waals surface area (Å²) in [4.78, 5) is 24.6. The van der Waals surface area contributed by atoms with E-state index >= 15 is 0 Å². The van der Waals surface area contributed by atoms with Gasteiger partial charge >= 0.3 is 12.0 Å². The fourth-order valence-corrected chi connectivity index (χ4v) is 3.09. The fourth-order valence-electron chi connectivity index (χ4n) is 1.95. The number of nitriles is 1. The molecule has 0 aromatic heterocycles. The summed E-state index contributed by atoms with van der Waals surface area (Å²) >= 11 is 1.37. The first-order valence-electron chi connectivity index (χ1n) is 6.03. The van der Waals surface area contributed by atoms with Crippen LogP contribution in [0.5, 0.6) is 5.75 Å². The van der Waals surface area contributed by atoms with Gasteiger partial charge in [0.15, 0.2) is 0 Å². The van der Waals surface area contributed by atoms with Crippen molar-refractivity contribution >= 4 is 29.4 Å². The van der Waals surface area contributed by atoms with Crippen LogP contribution in [0, 0.1) is 11.3 Å². The molecule has 0 aliphatic carbocycles. The average Bonchev–Trinajstić information content (AvgIpc) is 2.97. The molecule has 2 rings (SSSR count). The lowest BCUT2D eigenvalue weighted by Crippen LogP contribution is -2.44. The van der Waals surface area contributed by atoms with Gasteiger partial charge in [0, 0.05) is 5.75 Å². The number of carboxylic acids is 1. The maximum atomic E-state index is 12.2. The van der Waals surface area contributed by atoms with E-state index in [9.17, 15) is 9.59 Å². The number of ether oxygens (including phenoxy) is 1. The Kier molecular flexibility index (Phi) is 4.55. The first-order valence-corrected chi connectivity index (χ1v) is 7.19. The topological polar surface area (TPSA) is 103 Å². The van der Waals surface area contributed by atoms with Crippen molar-refractivity contribution in [3.8, 4) is 11.8 Å². The van der Waals surface area contributed by atoms with Crippen LogP contribution in [-0.2, 0) is 4.79 Å². The second kappa shape index (κ2) is 6.37. The number of urea groups is 1. The number of anilines is 1. The Bertz CT molecular complexity index is 614. The molecule has 1 aromatic carbocycles. The van der Waals surface area contributed by atoms with Crippen LogP contribution in [-0.4, -0.2) is 46.8 Å². The standard InChI is InChI=1S/C13H13N3O4S/c1-20-10-4-2-3-8(5-14)11(10)15-13(19)16-7-21-6-9(16)12(17)18/h2-4,9H,6-7H2,1H3,(H,15,19)(H,17,18)/t9-/m0/s1. The number of rotatable bonds is 3. The smallest absolute Gasteiger partial charge is 0.327 e. The van der Waals surface area contributed by atoms with Gasteiger partial charge in [0.25, 0.3) is 0 Å². The molecule has 0 spiro atoms. The molecule has 1 saturated heterocycles. The molecule has 1 aliphatic heterocycles. The number of nitrogens with one attached hydrogen (secondary N) is 1. The summed E-state index contributed by atoms with van der Waals surface area (Å²) in [6.45, 7) is 0. The molecule has 1 aromatic rings. The molecule has 7 nitrogen and oxygen atoms in total. The SMILES string of the molecule is COc1cccc(C#N)c1NC(=O)N1CSC[C@H]1C(=O)O. The van der Waals surface area contributed by atoms with Gasteiger partial charge in [-0.2, -0.15) is 5.26 Å². The monoisotopic (exact) mass is 307 g/mol. The highest BCUT2D eigenvalue weighted by molar-refractivity contribution is 7.99. The van der Waals surface area contributed by atoms with Crippen molar-refractivity contribution < 1.29 is 19.4 Å². The molecule has 21 heavy (non-hydrogen) atoms. The highest BCUT2D eigenvalue weighted by Crippen LogP contribution is 2.29.